The fraction of sp³-hybridized carbons (Fsp3) is 0.611. The number of rotatable bonds is 21. The van der Waals surface area contributed by atoms with Gasteiger partial charge in [-0.3, -0.25) is 9.59 Å². The molecule has 2 atom stereocenters. The largest absolute Gasteiger partial charge is 0.507 e. The molecule has 0 aliphatic heterocycles. The Kier molecular flexibility index (Phi) is 16.6. The van der Waals surface area contributed by atoms with E-state index in [2.05, 4.69) is 27.7 Å². The molecule has 43 heavy (non-hydrogen) atoms. The molecule has 2 aromatic carbocycles. The number of hydrogen-bond donors (Lipinski definition) is 3. The van der Waals surface area contributed by atoms with E-state index in [0.717, 1.165) is 122 Å². The average molecular weight is 615 g/mol. The molecule has 0 saturated carbocycles. The molecule has 0 fully saturated rings. The van der Waals surface area contributed by atoms with Crippen LogP contribution in [0, 0.1) is 0 Å². The van der Waals surface area contributed by atoms with E-state index in [1.165, 1.54) is 0 Å². The van der Waals surface area contributed by atoms with Gasteiger partial charge in [0.15, 0.2) is 0 Å². The van der Waals surface area contributed by atoms with Gasteiger partial charge >= 0.3 is 11.9 Å². The van der Waals surface area contributed by atoms with Crippen molar-refractivity contribution in [1.29, 1.82) is 0 Å². The van der Waals surface area contributed by atoms with Crippen LogP contribution in [0.1, 0.15) is 119 Å². The maximum absolute atomic E-state index is 13.2. The summed E-state index contributed by atoms with van der Waals surface area (Å²) < 4.78 is 5.43. The standard InChI is InChI=1S/C36H54O6S/c1-6-11-15-27-19-25(20-28(33(27)37)16-12-7-2)23-31(35(39)40)43-32(36(41)42-10-5)24-26-21-29(17-13-8-3)34(38)30(22-26)18-14-9-4/h19-22,31-32,37-38H,6-18,23-24H2,1-5H3,(H,39,40). The number of unbranched alkanes of at least 4 members (excludes halogenated alkanes) is 4. The first-order valence-electron chi connectivity index (χ1n) is 16.4. The molecular weight excluding hydrogens is 560 g/mol. The van der Waals surface area contributed by atoms with E-state index in [9.17, 15) is 24.9 Å². The summed E-state index contributed by atoms with van der Waals surface area (Å²) in [7, 11) is 0. The average Bonchev–Trinajstić information content (AvgIpc) is 2.98. The van der Waals surface area contributed by atoms with Crippen LogP contribution in [-0.4, -0.2) is 44.4 Å². The molecule has 0 amide bonds. The predicted octanol–water partition coefficient (Wildman–Crippen LogP) is 8.37. The first-order chi connectivity index (χ1) is 20.7. The monoisotopic (exact) mass is 614 g/mol. The predicted molar refractivity (Wildman–Crippen MR) is 178 cm³/mol. The van der Waals surface area contributed by atoms with Gasteiger partial charge in [-0.05, 0) is 105 Å². The second-order valence-corrected chi connectivity index (χ2v) is 13.0. The third-order valence-electron chi connectivity index (χ3n) is 7.85. The molecule has 2 aromatic rings. The van der Waals surface area contributed by atoms with Crippen LogP contribution >= 0.6 is 11.8 Å². The van der Waals surface area contributed by atoms with Gasteiger partial charge in [0.2, 0.25) is 0 Å². The first-order valence-corrected chi connectivity index (χ1v) is 17.3. The lowest BCUT2D eigenvalue weighted by Gasteiger charge is -2.22. The Bertz CT molecular complexity index is 1100. The summed E-state index contributed by atoms with van der Waals surface area (Å²) in [6.45, 7) is 10.4. The highest BCUT2D eigenvalue weighted by Crippen LogP contribution is 2.33. The Morgan fingerprint density at radius 3 is 1.30 bits per heavy atom. The number of carbonyl (C=O) groups excluding carboxylic acids is 1. The van der Waals surface area contributed by atoms with Crippen LogP contribution in [0.25, 0.3) is 0 Å². The number of thioether (sulfide) groups is 1. The molecule has 0 aliphatic rings. The minimum absolute atomic E-state index is 0.215. The molecule has 240 valence electrons. The maximum Gasteiger partial charge on any atom is 0.319 e. The minimum Gasteiger partial charge on any atom is -0.507 e. The second-order valence-electron chi connectivity index (χ2n) is 11.6. The van der Waals surface area contributed by atoms with Crippen molar-refractivity contribution in [2.24, 2.45) is 0 Å². The number of carboxylic acids is 1. The second kappa shape index (κ2) is 19.6. The van der Waals surface area contributed by atoms with Gasteiger partial charge in [0, 0.05) is 0 Å². The van der Waals surface area contributed by atoms with Crippen LogP contribution in [0.5, 0.6) is 11.5 Å². The highest BCUT2D eigenvalue weighted by Gasteiger charge is 2.30. The molecule has 2 rings (SSSR count). The maximum atomic E-state index is 13.2. The number of aryl methyl sites for hydroxylation is 4. The summed E-state index contributed by atoms with van der Waals surface area (Å²) in [4.78, 5) is 25.8. The third kappa shape index (κ3) is 11.7. The fourth-order valence-electron chi connectivity index (χ4n) is 5.37. The number of aliphatic carboxylic acids is 1. The van der Waals surface area contributed by atoms with E-state index in [1.54, 1.807) is 6.92 Å². The Morgan fingerprint density at radius 1 is 0.651 bits per heavy atom. The van der Waals surface area contributed by atoms with Gasteiger partial charge < -0.3 is 20.1 Å². The van der Waals surface area contributed by atoms with Gasteiger partial charge in [-0.25, -0.2) is 0 Å². The van der Waals surface area contributed by atoms with Crippen molar-refractivity contribution in [2.45, 2.75) is 135 Å². The summed E-state index contributed by atoms with van der Waals surface area (Å²) in [6, 6.07) is 7.83. The van der Waals surface area contributed by atoms with Crippen molar-refractivity contribution in [1.82, 2.24) is 0 Å². The summed E-state index contributed by atoms with van der Waals surface area (Å²) in [6.07, 6.45) is 11.4. The summed E-state index contributed by atoms with van der Waals surface area (Å²) in [5.74, 6) is -0.718. The molecule has 0 spiro atoms. The Morgan fingerprint density at radius 2 is 1.00 bits per heavy atom. The highest BCUT2D eigenvalue weighted by molar-refractivity contribution is 8.01. The zero-order chi connectivity index (χ0) is 31.8. The van der Waals surface area contributed by atoms with E-state index in [1.807, 2.05) is 24.3 Å². The lowest BCUT2D eigenvalue weighted by Crippen LogP contribution is -2.30. The van der Waals surface area contributed by atoms with Crippen molar-refractivity contribution < 1.29 is 29.6 Å². The number of carboxylic acid groups (broad SMARTS) is 1. The van der Waals surface area contributed by atoms with Crippen LogP contribution in [0.15, 0.2) is 24.3 Å². The molecule has 2 unspecified atom stereocenters. The molecule has 0 radical (unpaired) electrons. The molecule has 0 aliphatic carbocycles. The van der Waals surface area contributed by atoms with Crippen LogP contribution in [-0.2, 0) is 52.9 Å². The minimum atomic E-state index is -0.976. The van der Waals surface area contributed by atoms with Gasteiger partial charge in [0.05, 0.1) is 6.61 Å². The number of carbonyl (C=O) groups is 2. The highest BCUT2D eigenvalue weighted by atomic mass is 32.2. The van der Waals surface area contributed by atoms with Crippen LogP contribution < -0.4 is 0 Å². The first kappa shape index (κ1) is 36.5. The van der Waals surface area contributed by atoms with Gasteiger partial charge in [0.25, 0.3) is 0 Å². The smallest absolute Gasteiger partial charge is 0.319 e. The molecule has 7 heteroatoms. The topological polar surface area (TPSA) is 104 Å². The summed E-state index contributed by atoms with van der Waals surface area (Å²) in [5, 5.41) is 30.6. The number of ether oxygens (including phenoxy) is 1. The van der Waals surface area contributed by atoms with E-state index in [-0.39, 0.29) is 13.0 Å². The number of aromatic hydroxyl groups is 2. The van der Waals surface area contributed by atoms with Gasteiger partial charge in [0.1, 0.15) is 22.0 Å². The zero-order valence-electron chi connectivity index (χ0n) is 27.0. The van der Waals surface area contributed by atoms with Crippen molar-refractivity contribution in [3.63, 3.8) is 0 Å². The number of esters is 1. The number of benzene rings is 2. The van der Waals surface area contributed by atoms with E-state index >= 15 is 0 Å². The number of phenolic OH excluding ortho intramolecular Hbond substituents is 2. The Hall–Kier alpha value is -2.67. The Balaban J connectivity index is 2.43. The number of phenols is 2. The van der Waals surface area contributed by atoms with E-state index in [0.29, 0.717) is 17.9 Å². The normalized spacial score (nSPS) is 12.7. The number of hydrogen-bond acceptors (Lipinski definition) is 6. The molecular formula is C36H54O6S. The van der Waals surface area contributed by atoms with Crippen molar-refractivity contribution >= 4 is 23.7 Å². The molecule has 0 bridgehead atoms. The summed E-state index contributed by atoms with van der Waals surface area (Å²) in [5.41, 5.74) is 5.28. The zero-order valence-corrected chi connectivity index (χ0v) is 27.9. The quantitative estimate of drug-likeness (QED) is 0.121. The lowest BCUT2D eigenvalue weighted by molar-refractivity contribution is -0.142. The van der Waals surface area contributed by atoms with E-state index in [4.69, 9.17) is 4.74 Å². The van der Waals surface area contributed by atoms with Crippen LogP contribution in [0.4, 0.5) is 0 Å². The molecule has 0 heterocycles. The fourth-order valence-corrected chi connectivity index (χ4v) is 6.64. The van der Waals surface area contributed by atoms with Gasteiger partial charge in [-0.2, -0.15) is 0 Å². The summed E-state index contributed by atoms with van der Waals surface area (Å²) >= 11 is 1.14. The van der Waals surface area contributed by atoms with Crippen molar-refractivity contribution in [2.75, 3.05) is 6.61 Å². The molecule has 6 nitrogen and oxygen atoms in total. The molecule has 0 aromatic heterocycles. The van der Waals surface area contributed by atoms with Crippen LogP contribution in [0.3, 0.4) is 0 Å². The van der Waals surface area contributed by atoms with Crippen molar-refractivity contribution in [3.8, 4) is 11.5 Å². The van der Waals surface area contributed by atoms with Gasteiger partial charge in [-0.15, -0.1) is 11.8 Å². The third-order valence-corrected chi connectivity index (χ3v) is 9.23. The lowest BCUT2D eigenvalue weighted by atomic mass is 9.95. The molecule has 0 saturated heterocycles. The molecule has 3 N–H and O–H groups in total. The van der Waals surface area contributed by atoms with Gasteiger partial charge in [-0.1, -0.05) is 77.6 Å². The van der Waals surface area contributed by atoms with E-state index < -0.39 is 22.4 Å². The van der Waals surface area contributed by atoms with Crippen molar-refractivity contribution in [3.05, 3.63) is 57.6 Å². The van der Waals surface area contributed by atoms with Crippen LogP contribution in [0.2, 0.25) is 0 Å². The Labute approximate surface area is 263 Å². The SMILES string of the molecule is CCCCc1cc(CC(SC(Cc2cc(CCCC)c(O)c(CCCC)c2)C(=O)OCC)C(=O)O)cc(CCCC)c1O.